The van der Waals surface area contributed by atoms with E-state index in [4.69, 9.17) is 9.15 Å². The first-order valence-electron chi connectivity index (χ1n) is 8.79. The highest BCUT2D eigenvalue weighted by Gasteiger charge is 2.33. The van der Waals surface area contributed by atoms with Crippen LogP contribution in [-0.4, -0.2) is 54.7 Å². The van der Waals surface area contributed by atoms with Crippen LogP contribution in [0.3, 0.4) is 0 Å². The lowest BCUT2D eigenvalue weighted by molar-refractivity contribution is -0.133. The van der Waals surface area contributed by atoms with Gasteiger partial charge >= 0.3 is 0 Å². The van der Waals surface area contributed by atoms with E-state index >= 15 is 0 Å². The lowest BCUT2D eigenvalue weighted by atomic mass is 10.1. The summed E-state index contributed by atoms with van der Waals surface area (Å²) in [5.41, 5.74) is 0.371. The van der Waals surface area contributed by atoms with E-state index in [0.29, 0.717) is 56.0 Å². The molecule has 0 bridgehead atoms. The zero-order valence-corrected chi connectivity index (χ0v) is 13.7. The molecule has 0 aromatic carbocycles. The van der Waals surface area contributed by atoms with E-state index in [1.54, 1.807) is 0 Å². The molecule has 7 nitrogen and oxygen atoms in total. The van der Waals surface area contributed by atoms with Gasteiger partial charge in [-0.15, -0.1) is 0 Å². The monoisotopic (exact) mass is 330 g/mol. The van der Waals surface area contributed by atoms with Crippen molar-refractivity contribution in [3.63, 3.8) is 0 Å². The van der Waals surface area contributed by atoms with Gasteiger partial charge in [0.1, 0.15) is 6.07 Å². The summed E-state index contributed by atoms with van der Waals surface area (Å²) in [6.45, 7) is 3.42. The second-order valence-corrected chi connectivity index (χ2v) is 6.80. The van der Waals surface area contributed by atoms with Crippen LogP contribution in [0, 0.1) is 11.3 Å². The highest BCUT2D eigenvalue weighted by molar-refractivity contribution is 5.77. The van der Waals surface area contributed by atoms with E-state index in [1.165, 1.54) is 0 Å². The highest BCUT2D eigenvalue weighted by Crippen LogP contribution is 2.41. The first-order valence-corrected chi connectivity index (χ1v) is 8.79. The highest BCUT2D eigenvalue weighted by atomic mass is 16.5. The predicted molar refractivity (Wildman–Crippen MR) is 85.6 cm³/mol. The van der Waals surface area contributed by atoms with Crippen molar-refractivity contribution in [1.82, 2.24) is 9.88 Å². The second kappa shape index (κ2) is 6.44. The van der Waals surface area contributed by atoms with Crippen molar-refractivity contribution in [2.45, 2.75) is 44.1 Å². The summed E-state index contributed by atoms with van der Waals surface area (Å²) in [5.74, 6) is 1.82. The molecule has 2 saturated heterocycles. The smallest absolute Gasteiger partial charge is 0.234 e. The summed E-state index contributed by atoms with van der Waals surface area (Å²) in [6, 6.07) is 2.13. The van der Waals surface area contributed by atoms with Crippen LogP contribution >= 0.6 is 0 Å². The molecule has 3 fully saturated rings. The number of oxazole rings is 1. The Morgan fingerprint density at radius 1 is 1.25 bits per heavy atom. The number of ether oxygens (including phenoxy) is 1. The van der Waals surface area contributed by atoms with Gasteiger partial charge in [-0.1, -0.05) is 0 Å². The summed E-state index contributed by atoms with van der Waals surface area (Å²) in [6.07, 6.45) is 4.80. The molecule has 1 aromatic rings. The molecular formula is C17H22N4O3. The average Bonchev–Trinajstić information content (AvgIpc) is 3.17. The summed E-state index contributed by atoms with van der Waals surface area (Å²) >= 11 is 0. The molecule has 2 aliphatic heterocycles. The molecule has 4 rings (SSSR count). The lowest BCUT2D eigenvalue weighted by Crippen LogP contribution is -2.49. The molecule has 1 atom stereocenters. The standard InChI is InChI=1S/C17H22N4O3/c18-11-14-17(24-16(19-14)12-3-4-12)21-7-5-20(6-8-21)15(22)10-13-2-1-9-23-13/h12-13H,1-10H2. The predicted octanol–water partition coefficient (Wildman–Crippen LogP) is 1.64. The summed E-state index contributed by atoms with van der Waals surface area (Å²) in [4.78, 5) is 20.6. The quantitative estimate of drug-likeness (QED) is 0.835. The third-order valence-corrected chi connectivity index (χ3v) is 5.00. The van der Waals surface area contributed by atoms with Gasteiger partial charge in [0.2, 0.25) is 23.4 Å². The Hall–Kier alpha value is -2.07. The van der Waals surface area contributed by atoms with E-state index in [0.717, 1.165) is 32.3 Å². The van der Waals surface area contributed by atoms with Crippen LogP contribution in [0.2, 0.25) is 0 Å². The van der Waals surface area contributed by atoms with Crippen molar-refractivity contribution in [2.24, 2.45) is 0 Å². The van der Waals surface area contributed by atoms with Crippen LogP contribution in [0.25, 0.3) is 0 Å². The van der Waals surface area contributed by atoms with Crippen molar-refractivity contribution >= 4 is 11.8 Å². The Morgan fingerprint density at radius 3 is 2.67 bits per heavy atom. The fourth-order valence-electron chi connectivity index (χ4n) is 3.41. The summed E-state index contributed by atoms with van der Waals surface area (Å²) in [5, 5.41) is 9.29. The van der Waals surface area contributed by atoms with E-state index in [2.05, 4.69) is 11.1 Å². The molecule has 1 unspecified atom stereocenters. The van der Waals surface area contributed by atoms with E-state index in [-0.39, 0.29) is 12.0 Å². The number of nitriles is 1. The first kappa shape index (κ1) is 15.5. The molecule has 1 amide bonds. The zero-order valence-electron chi connectivity index (χ0n) is 13.7. The van der Waals surface area contributed by atoms with Crippen molar-refractivity contribution < 1.29 is 13.9 Å². The molecule has 24 heavy (non-hydrogen) atoms. The fourth-order valence-corrected chi connectivity index (χ4v) is 3.41. The number of carbonyl (C=O) groups excluding carboxylic acids is 1. The molecule has 7 heteroatoms. The molecule has 3 heterocycles. The van der Waals surface area contributed by atoms with E-state index in [1.807, 2.05) is 9.80 Å². The van der Waals surface area contributed by atoms with Gasteiger partial charge in [0, 0.05) is 38.7 Å². The normalized spacial score (nSPS) is 24.2. The minimum Gasteiger partial charge on any atom is -0.423 e. The van der Waals surface area contributed by atoms with Gasteiger partial charge in [-0.3, -0.25) is 4.79 Å². The minimum atomic E-state index is 0.0936. The van der Waals surface area contributed by atoms with Crippen LogP contribution in [0.5, 0.6) is 0 Å². The molecule has 0 radical (unpaired) electrons. The lowest BCUT2D eigenvalue weighted by Gasteiger charge is -2.35. The van der Waals surface area contributed by atoms with Gasteiger partial charge in [0.15, 0.2) is 0 Å². The van der Waals surface area contributed by atoms with Gasteiger partial charge in [0.25, 0.3) is 0 Å². The van der Waals surface area contributed by atoms with Gasteiger partial charge in [-0.05, 0) is 25.7 Å². The number of amides is 1. The van der Waals surface area contributed by atoms with Crippen LogP contribution in [0.1, 0.15) is 49.6 Å². The SMILES string of the molecule is N#Cc1nc(C2CC2)oc1N1CCN(C(=O)CC2CCCO2)CC1. The first-order chi connectivity index (χ1) is 11.7. The number of aromatic nitrogens is 1. The van der Waals surface area contributed by atoms with Crippen LogP contribution in [0.15, 0.2) is 4.42 Å². The van der Waals surface area contributed by atoms with Gasteiger partial charge < -0.3 is 19.0 Å². The van der Waals surface area contributed by atoms with Gasteiger partial charge in [0.05, 0.1) is 12.5 Å². The van der Waals surface area contributed by atoms with Gasteiger partial charge in [-0.25, -0.2) is 4.98 Å². The maximum Gasteiger partial charge on any atom is 0.234 e. The second-order valence-electron chi connectivity index (χ2n) is 6.80. The summed E-state index contributed by atoms with van der Waals surface area (Å²) in [7, 11) is 0. The molecule has 1 saturated carbocycles. The van der Waals surface area contributed by atoms with Crippen molar-refractivity contribution in [3.05, 3.63) is 11.6 Å². The molecular weight excluding hydrogens is 308 g/mol. The van der Waals surface area contributed by atoms with Crippen LogP contribution in [0.4, 0.5) is 5.88 Å². The number of hydrogen-bond acceptors (Lipinski definition) is 6. The Bertz CT molecular complexity index is 647. The number of rotatable bonds is 4. The molecule has 0 N–H and O–H groups in total. The minimum absolute atomic E-state index is 0.0936. The molecule has 1 aliphatic carbocycles. The zero-order chi connectivity index (χ0) is 16.5. The Balaban J connectivity index is 1.35. The number of anilines is 1. The largest absolute Gasteiger partial charge is 0.423 e. The average molecular weight is 330 g/mol. The van der Waals surface area contributed by atoms with Crippen LogP contribution in [-0.2, 0) is 9.53 Å². The van der Waals surface area contributed by atoms with Crippen molar-refractivity contribution in [3.8, 4) is 6.07 Å². The van der Waals surface area contributed by atoms with E-state index in [9.17, 15) is 10.1 Å². The summed E-state index contributed by atoms with van der Waals surface area (Å²) < 4.78 is 11.4. The maximum atomic E-state index is 12.4. The third kappa shape index (κ3) is 3.11. The molecule has 1 aromatic heterocycles. The Labute approximate surface area is 141 Å². The number of hydrogen-bond donors (Lipinski definition) is 0. The van der Waals surface area contributed by atoms with Crippen molar-refractivity contribution in [2.75, 3.05) is 37.7 Å². The maximum absolute atomic E-state index is 12.4. The fraction of sp³-hybridized carbons (Fsp3) is 0.706. The van der Waals surface area contributed by atoms with E-state index < -0.39 is 0 Å². The molecule has 128 valence electrons. The number of nitrogens with zero attached hydrogens (tertiary/aromatic N) is 4. The third-order valence-electron chi connectivity index (χ3n) is 5.00. The Morgan fingerprint density at radius 2 is 2.04 bits per heavy atom. The Kier molecular flexibility index (Phi) is 4.15. The number of piperazine rings is 1. The van der Waals surface area contributed by atoms with Crippen molar-refractivity contribution in [1.29, 1.82) is 5.26 Å². The topological polar surface area (TPSA) is 82.6 Å². The molecule has 3 aliphatic rings. The van der Waals surface area contributed by atoms with Gasteiger partial charge in [-0.2, -0.15) is 5.26 Å². The molecule has 0 spiro atoms. The number of carbonyl (C=O) groups is 1. The van der Waals surface area contributed by atoms with Crippen LogP contribution < -0.4 is 4.90 Å².